The zero-order valence-electron chi connectivity index (χ0n) is 17.7. The number of aryl methyl sites for hydroxylation is 1. The minimum absolute atomic E-state index is 0.0256. The summed E-state index contributed by atoms with van der Waals surface area (Å²) in [6, 6.07) is 9.69. The minimum atomic E-state index is -0.879. The first kappa shape index (κ1) is 22.0. The number of aromatic nitrogens is 1. The summed E-state index contributed by atoms with van der Waals surface area (Å²) in [6.07, 6.45) is 5.54. The van der Waals surface area contributed by atoms with Gasteiger partial charge in [0.15, 0.2) is 17.7 Å². The second-order valence-corrected chi connectivity index (χ2v) is 8.65. The number of carbonyl (C=O) groups excluding carboxylic acids is 2. The van der Waals surface area contributed by atoms with Crippen LogP contribution >= 0.6 is 11.3 Å². The van der Waals surface area contributed by atoms with Crippen LogP contribution in [0.3, 0.4) is 0 Å². The molecule has 2 aromatic heterocycles. The van der Waals surface area contributed by atoms with Crippen LogP contribution in [0.1, 0.15) is 46.1 Å². The number of thiophene rings is 1. The summed E-state index contributed by atoms with van der Waals surface area (Å²) in [5.74, 6) is -1.13. The average molecular weight is 454 g/mol. The Morgan fingerprint density at radius 2 is 2.06 bits per heavy atom. The van der Waals surface area contributed by atoms with Crippen molar-refractivity contribution in [1.29, 1.82) is 0 Å². The zero-order valence-corrected chi connectivity index (χ0v) is 18.5. The largest absolute Gasteiger partial charge is 0.478 e. The third kappa shape index (κ3) is 4.80. The number of rotatable bonds is 8. The van der Waals surface area contributed by atoms with Crippen LogP contribution in [0.5, 0.6) is 5.75 Å². The van der Waals surface area contributed by atoms with Gasteiger partial charge in [-0.25, -0.2) is 4.39 Å². The summed E-state index contributed by atoms with van der Waals surface area (Å²) in [5, 5.41) is 6.31. The second-order valence-electron chi connectivity index (χ2n) is 7.54. The number of para-hydroxylation sites is 1. The number of halogens is 1. The maximum atomic E-state index is 14.0. The number of benzene rings is 1. The van der Waals surface area contributed by atoms with Gasteiger partial charge in [0.1, 0.15) is 5.00 Å². The molecule has 0 spiro atoms. The van der Waals surface area contributed by atoms with E-state index in [-0.39, 0.29) is 11.7 Å². The zero-order chi connectivity index (χ0) is 22.5. The van der Waals surface area contributed by atoms with Gasteiger partial charge in [-0.3, -0.25) is 14.6 Å². The molecule has 0 bridgehead atoms. The topological polar surface area (TPSA) is 80.3 Å². The molecule has 2 amide bonds. The number of fused-ring (bicyclic) bond motifs is 1. The first-order valence-corrected chi connectivity index (χ1v) is 11.4. The van der Waals surface area contributed by atoms with E-state index >= 15 is 0 Å². The number of amides is 2. The summed E-state index contributed by atoms with van der Waals surface area (Å²) in [4.78, 5) is 31.2. The standard InChI is InChI=1S/C24H24FN3O3S/c1-2-18(31-19-10-4-3-9-17(19)25)22(29)28-24-21(16-8-5-11-20(16)32-24)23(30)27-14-15-7-6-12-26-13-15/h3-4,6-7,9-10,12-13,18H,2,5,8,11,14H2,1H3,(H,27,30)(H,28,29). The fourth-order valence-corrected chi connectivity index (χ4v) is 5.00. The van der Waals surface area contributed by atoms with Gasteiger partial charge in [0.25, 0.3) is 11.8 Å². The molecule has 1 aromatic carbocycles. The Morgan fingerprint density at radius 3 is 2.81 bits per heavy atom. The van der Waals surface area contributed by atoms with Crippen molar-refractivity contribution in [2.45, 2.75) is 45.3 Å². The van der Waals surface area contributed by atoms with E-state index in [1.165, 1.54) is 23.5 Å². The molecule has 3 aromatic rings. The summed E-state index contributed by atoms with van der Waals surface area (Å²) in [7, 11) is 0. The first-order valence-electron chi connectivity index (χ1n) is 10.6. The number of nitrogens with zero attached hydrogens (tertiary/aromatic N) is 1. The monoisotopic (exact) mass is 453 g/mol. The van der Waals surface area contributed by atoms with Gasteiger partial charge in [-0.1, -0.05) is 25.1 Å². The van der Waals surface area contributed by atoms with E-state index in [1.54, 1.807) is 31.5 Å². The first-order chi connectivity index (χ1) is 15.6. The highest BCUT2D eigenvalue weighted by Crippen LogP contribution is 2.39. The van der Waals surface area contributed by atoms with Crippen molar-refractivity contribution in [2.24, 2.45) is 0 Å². The Morgan fingerprint density at radius 1 is 1.22 bits per heavy atom. The summed E-state index contributed by atoms with van der Waals surface area (Å²) in [6.45, 7) is 2.14. The van der Waals surface area contributed by atoms with Crippen molar-refractivity contribution in [3.05, 3.63) is 76.2 Å². The highest BCUT2D eigenvalue weighted by atomic mass is 32.1. The summed E-state index contributed by atoms with van der Waals surface area (Å²) >= 11 is 1.43. The number of nitrogens with one attached hydrogen (secondary N) is 2. The lowest BCUT2D eigenvalue weighted by molar-refractivity contribution is -0.122. The van der Waals surface area contributed by atoms with Crippen LogP contribution in [-0.4, -0.2) is 22.9 Å². The van der Waals surface area contributed by atoms with E-state index in [9.17, 15) is 14.0 Å². The van der Waals surface area contributed by atoms with Crippen molar-refractivity contribution in [3.63, 3.8) is 0 Å². The smallest absolute Gasteiger partial charge is 0.266 e. The maximum absolute atomic E-state index is 14.0. The van der Waals surface area contributed by atoms with Crippen molar-refractivity contribution >= 4 is 28.2 Å². The fraction of sp³-hybridized carbons (Fsp3) is 0.292. The van der Waals surface area contributed by atoms with Gasteiger partial charge in [0, 0.05) is 23.8 Å². The lowest BCUT2D eigenvalue weighted by Gasteiger charge is -2.18. The van der Waals surface area contributed by atoms with Gasteiger partial charge in [-0.15, -0.1) is 11.3 Å². The van der Waals surface area contributed by atoms with Crippen LogP contribution in [0.4, 0.5) is 9.39 Å². The van der Waals surface area contributed by atoms with E-state index in [0.717, 1.165) is 35.3 Å². The molecule has 0 fully saturated rings. The molecule has 32 heavy (non-hydrogen) atoms. The third-order valence-electron chi connectivity index (χ3n) is 5.33. The van der Waals surface area contributed by atoms with Crippen LogP contribution in [0.15, 0.2) is 48.8 Å². The van der Waals surface area contributed by atoms with Crippen molar-refractivity contribution in [2.75, 3.05) is 5.32 Å². The molecule has 8 heteroatoms. The van der Waals surface area contributed by atoms with Crippen LogP contribution < -0.4 is 15.4 Å². The van der Waals surface area contributed by atoms with Crippen molar-refractivity contribution in [1.82, 2.24) is 10.3 Å². The molecule has 0 radical (unpaired) electrons. The predicted octanol–water partition coefficient (Wildman–Crippen LogP) is 4.50. The number of anilines is 1. The number of pyridine rings is 1. The van der Waals surface area contributed by atoms with E-state index in [4.69, 9.17) is 4.74 Å². The fourth-order valence-electron chi connectivity index (χ4n) is 3.71. The molecule has 4 rings (SSSR count). The van der Waals surface area contributed by atoms with Gasteiger partial charge in [0.2, 0.25) is 0 Å². The van der Waals surface area contributed by atoms with Gasteiger partial charge in [-0.2, -0.15) is 0 Å². The number of carbonyl (C=O) groups is 2. The molecule has 1 aliphatic rings. The average Bonchev–Trinajstić information content (AvgIpc) is 3.38. The molecule has 1 aliphatic carbocycles. The van der Waals surface area contributed by atoms with Crippen molar-refractivity contribution in [3.8, 4) is 5.75 Å². The molecule has 6 nitrogen and oxygen atoms in total. The summed E-state index contributed by atoms with van der Waals surface area (Å²) < 4.78 is 19.6. The molecule has 1 unspecified atom stereocenters. The third-order valence-corrected chi connectivity index (χ3v) is 6.54. The van der Waals surface area contributed by atoms with Crippen LogP contribution in [-0.2, 0) is 24.2 Å². The van der Waals surface area contributed by atoms with Crippen LogP contribution in [0.2, 0.25) is 0 Å². The van der Waals surface area contributed by atoms with Crippen LogP contribution in [0, 0.1) is 5.82 Å². The Hall–Kier alpha value is -3.26. The normalized spacial score (nSPS) is 13.3. The van der Waals surface area contributed by atoms with E-state index in [2.05, 4.69) is 15.6 Å². The van der Waals surface area contributed by atoms with Gasteiger partial charge >= 0.3 is 0 Å². The Bertz CT molecular complexity index is 1120. The van der Waals surface area contributed by atoms with Gasteiger partial charge < -0.3 is 15.4 Å². The molecule has 2 heterocycles. The molecule has 166 valence electrons. The number of hydrogen-bond acceptors (Lipinski definition) is 5. The van der Waals surface area contributed by atoms with Gasteiger partial charge in [-0.05, 0) is 55.0 Å². The Balaban J connectivity index is 1.51. The van der Waals surface area contributed by atoms with Crippen LogP contribution in [0.25, 0.3) is 0 Å². The lowest BCUT2D eigenvalue weighted by Crippen LogP contribution is -2.33. The molecular weight excluding hydrogens is 429 g/mol. The quantitative estimate of drug-likeness (QED) is 0.526. The SMILES string of the molecule is CCC(Oc1ccccc1F)C(=O)Nc1sc2c(c1C(=O)NCc1cccnc1)CCC2. The minimum Gasteiger partial charge on any atom is -0.478 e. The molecule has 0 saturated heterocycles. The maximum Gasteiger partial charge on any atom is 0.266 e. The molecular formula is C24H24FN3O3S. The highest BCUT2D eigenvalue weighted by Gasteiger charge is 2.29. The number of hydrogen-bond donors (Lipinski definition) is 2. The lowest BCUT2D eigenvalue weighted by atomic mass is 10.1. The van der Waals surface area contributed by atoms with E-state index < -0.39 is 17.8 Å². The highest BCUT2D eigenvalue weighted by molar-refractivity contribution is 7.17. The Labute approximate surface area is 189 Å². The second kappa shape index (κ2) is 9.91. The summed E-state index contributed by atoms with van der Waals surface area (Å²) in [5.41, 5.74) is 2.40. The van der Waals surface area contributed by atoms with Gasteiger partial charge in [0.05, 0.1) is 5.56 Å². The Kier molecular flexibility index (Phi) is 6.80. The van der Waals surface area contributed by atoms with E-state index in [1.807, 2.05) is 12.1 Å². The molecule has 0 aliphatic heterocycles. The molecule has 0 saturated carbocycles. The number of ether oxygens (including phenoxy) is 1. The predicted molar refractivity (Wildman–Crippen MR) is 121 cm³/mol. The molecule has 1 atom stereocenters. The van der Waals surface area contributed by atoms with E-state index in [0.29, 0.717) is 23.5 Å². The van der Waals surface area contributed by atoms with Crippen molar-refractivity contribution < 1.29 is 18.7 Å². The molecule has 2 N–H and O–H groups in total.